The summed E-state index contributed by atoms with van der Waals surface area (Å²) in [5, 5.41) is 0. The first-order chi connectivity index (χ1) is 6.84. The van der Waals surface area contributed by atoms with E-state index in [1.54, 1.807) is 6.20 Å². The second kappa shape index (κ2) is 4.28. The second-order valence-corrected chi connectivity index (χ2v) is 3.81. The molecule has 0 aliphatic heterocycles. The van der Waals surface area contributed by atoms with Crippen LogP contribution in [0.25, 0.3) is 0 Å². The van der Waals surface area contributed by atoms with Crippen molar-refractivity contribution in [2.24, 2.45) is 0 Å². The Morgan fingerprint density at radius 1 is 1.29 bits per heavy atom. The van der Waals surface area contributed by atoms with Crippen LogP contribution in [0.5, 0.6) is 0 Å². The van der Waals surface area contributed by atoms with Gasteiger partial charge in [0.2, 0.25) is 0 Å². The average Bonchev–Trinajstić information content (AvgIpc) is 2.70. The summed E-state index contributed by atoms with van der Waals surface area (Å²) in [4.78, 5) is 4.26. The Morgan fingerprint density at radius 3 is 2.71 bits per heavy atom. The summed E-state index contributed by atoms with van der Waals surface area (Å²) in [6, 6.07) is 7.92. The van der Waals surface area contributed by atoms with Crippen molar-refractivity contribution in [3.8, 4) is 0 Å². The van der Waals surface area contributed by atoms with E-state index in [1.165, 1.54) is 0 Å². The molecule has 0 saturated heterocycles. The van der Waals surface area contributed by atoms with Crippen LogP contribution >= 0.6 is 15.9 Å². The third-order valence-corrected chi connectivity index (χ3v) is 2.30. The summed E-state index contributed by atoms with van der Waals surface area (Å²) in [6.45, 7) is 0.724. The second-order valence-electron chi connectivity index (χ2n) is 2.89. The molecule has 4 heteroatoms. The van der Waals surface area contributed by atoms with Crippen LogP contribution in [-0.4, -0.2) is 9.66 Å². The standard InChI is InChI=1S/C10H10BrN3/c11-9-3-4-10(12-7-9)8-13-14-5-1-2-6-14/h1-7,13H,8H2. The fourth-order valence-electron chi connectivity index (χ4n) is 1.12. The summed E-state index contributed by atoms with van der Waals surface area (Å²) in [7, 11) is 0. The highest BCUT2D eigenvalue weighted by molar-refractivity contribution is 9.10. The fraction of sp³-hybridized carbons (Fsp3) is 0.100. The molecule has 0 aliphatic carbocycles. The van der Waals surface area contributed by atoms with Gasteiger partial charge in [-0.25, -0.2) is 0 Å². The number of nitrogens with zero attached hydrogens (tertiary/aromatic N) is 2. The molecule has 0 aromatic carbocycles. The predicted molar refractivity (Wildman–Crippen MR) is 59.4 cm³/mol. The highest BCUT2D eigenvalue weighted by Gasteiger charge is 1.93. The number of halogens is 1. The number of hydrogen-bond acceptors (Lipinski definition) is 2. The smallest absolute Gasteiger partial charge is 0.0736 e. The lowest BCUT2D eigenvalue weighted by molar-refractivity contribution is 0.829. The lowest BCUT2D eigenvalue weighted by Gasteiger charge is -2.06. The van der Waals surface area contributed by atoms with E-state index in [2.05, 4.69) is 26.3 Å². The average molecular weight is 252 g/mol. The Labute approximate surface area is 90.9 Å². The molecule has 2 aromatic rings. The minimum atomic E-state index is 0.724. The third-order valence-electron chi connectivity index (χ3n) is 1.84. The van der Waals surface area contributed by atoms with Crippen LogP contribution in [0.2, 0.25) is 0 Å². The maximum atomic E-state index is 4.26. The van der Waals surface area contributed by atoms with Crippen LogP contribution in [0.4, 0.5) is 0 Å². The maximum Gasteiger partial charge on any atom is 0.0736 e. The number of hydrogen-bond donors (Lipinski definition) is 1. The van der Waals surface area contributed by atoms with Gasteiger partial charge in [0.15, 0.2) is 0 Å². The summed E-state index contributed by atoms with van der Waals surface area (Å²) in [5.74, 6) is 0. The van der Waals surface area contributed by atoms with E-state index in [-0.39, 0.29) is 0 Å². The summed E-state index contributed by atoms with van der Waals surface area (Å²) in [5.41, 5.74) is 4.21. The third kappa shape index (κ3) is 2.35. The van der Waals surface area contributed by atoms with Crippen molar-refractivity contribution in [3.63, 3.8) is 0 Å². The molecule has 0 atom stereocenters. The molecule has 0 saturated carbocycles. The normalized spacial score (nSPS) is 10.1. The summed E-state index contributed by atoms with van der Waals surface area (Å²) in [6.07, 6.45) is 5.71. The van der Waals surface area contributed by atoms with Gasteiger partial charge >= 0.3 is 0 Å². The molecule has 1 N–H and O–H groups in total. The Balaban J connectivity index is 1.95. The zero-order valence-electron chi connectivity index (χ0n) is 7.52. The van der Waals surface area contributed by atoms with Crippen LogP contribution < -0.4 is 5.43 Å². The Morgan fingerprint density at radius 2 is 2.07 bits per heavy atom. The molecular weight excluding hydrogens is 242 g/mol. The lowest BCUT2D eigenvalue weighted by atomic mass is 10.3. The first-order valence-corrected chi connectivity index (χ1v) is 5.11. The molecule has 0 fully saturated rings. The summed E-state index contributed by atoms with van der Waals surface area (Å²) >= 11 is 3.35. The van der Waals surface area contributed by atoms with Gasteiger partial charge in [-0.2, -0.15) is 0 Å². The van der Waals surface area contributed by atoms with E-state index in [0.717, 1.165) is 16.7 Å². The Bertz CT molecular complexity index is 380. The van der Waals surface area contributed by atoms with Gasteiger partial charge < -0.3 is 5.43 Å². The van der Waals surface area contributed by atoms with Crippen molar-refractivity contribution in [1.82, 2.24) is 9.66 Å². The van der Waals surface area contributed by atoms with E-state index in [1.807, 2.05) is 41.3 Å². The molecular formula is C10H10BrN3. The first kappa shape index (κ1) is 9.27. The fourth-order valence-corrected chi connectivity index (χ4v) is 1.36. The van der Waals surface area contributed by atoms with E-state index in [0.29, 0.717) is 0 Å². The van der Waals surface area contributed by atoms with Gasteiger partial charge in [-0.05, 0) is 40.2 Å². The lowest BCUT2D eigenvalue weighted by Crippen LogP contribution is -2.12. The van der Waals surface area contributed by atoms with Gasteiger partial charge in [0.1, 0.15) is 0 Å². The van der Waals surface area contributed by atoms with Gasteiger partial charge in [-0.3, -0.25) is 9.66 Å². The molecule has 14 heavy (non-hydrogen) atoms. The summed E-state index contributed by atoms with van der Waals surface area (Å²) < 4.78 is 2.91. The van der Waals surface area contributed by atoms with Gasteiger partial charge in [0.25, 0.3) is 0 Å². The van der Waals surface area contributed by atoms with Gasteiger partial charge in [-0.15, -0.1) is 0 Å². The molecule has 0 unspecified atom stereocenters. The maximum absolute atomic E-state index is 4.26. The zero-order valence-corrected chi connectivity index (χ0v) is 9.11. The molecule has 2 aromatic heterocycles. The van der Waals surface area contributed by atoms with Crippen molar-refractivity contribution in [3.05, 3.63) is 53.0 Å². The van der Waals surface area contributed by atoms with Crippen molar-refractivity contribution < 1.29 is 0 Å². The minimum absolute atomic E-state index is 0.724. The van der Waals surface area contributed by atoms with Crippen molar-refractivity contribution in [2.75, 3.05) is 5.43 Å². The number of rotatable bonds is 3. The quantitative estimate of drug-likeness (QED) is 0.908. The van der Waals surface area contributed by atoms with Crippen LogP contribution in [0, 0.1) is 0 Å². The Kier molecular flexibility index (Phi) is 2.84. The monoisotopic (exact) mass is 251 g/mol. The molecule has 0 bridgehead atoms. The van der Waals surface area contributed by atoms with Gasteiger partial charge in [0.05, 0.1) is 12.2 Å². The van der Waals surface area contributed by atoms with E-state index in [4.69, 9.17) is 0 Å². The molecule has 2 heterocycles. The van der Waals surface area contributed by atoms with Crippen LogP contribution in [0.15, 0.2) is 47.3 Å². The molecule has 72 valence electrons. The topological polar surface area (TPSA) is 29.9 Å². The van der Waals surface area contributed by atoms with E-state index in [9.17, 15) is 0 Å². The molecule has 0 aliphatic rings. The molecule has 0 radical (unpaired) electrons. The number of pyridine rings is 1. The van der Waals surface area contributed by atoms with Gasteiger partial charge in [0, 0.05) is 23.1 Å². The molecule has 3 nitrogen and oxygen atoms in total. The largest absolute Gasteiger partial charge is 0.320 e. The highest BCUT2D eigenvalue weighted by Crippen LogP contribution is 2.07. The van der Waals surface area contributed by atoms with Crippen molar-refractivity contribution in [2.45, 2.75) is 6.54 Å². The van der Waals surface area contributed by atoms with Crippen LogP contribution in [-0.2, 0) is 6.54 Å². The zero-order chi connectivity index (χ0) is 9.80. The predicted octanol–water partition coefficient (Wildman–Crippen LogP) is 2.39. The molecule has 0 amide bonds. The SMILES string of the molecule is Brc1ccc(CNn2cccc2)nc1. The van der Waals surface area contributed by atoms with E-state index < -0.39 is 0 Å². The molecule has 0 spiro atoms. The van der Waals surface area contributed by atoms with Gasteiger partial charge in [-0.1, -0.05) is 0 Å². The van der Waals surface area contributed by atoms with Crippen LogP contribution in [0.1, 0.15) is 5.69 Å². The highest BCUT2D eigenvalue weighted by atomic mass is 79.9. The van der Waals surface area contributed by atoms with E-state index >= 15 is 0 Å². The minimum Gasteiger partial charge on any atom is -0.320 e. The van der Waals surface area contributed by atoms with Crippen molar-refractivity contribution in [1.29, 1.82) is 0 Å². The Hall–Kier alpha value is -1.29. The van der Waals surface area contributed by atoms with Crippen LogP contribution in [0.3, 0.4) is 0 Å². The number of nitrogens with one attached hydrogen (secondary N) is 1. The van der Waals surface area contributed by atoms with Crippen molar-refractivity contribution >= 4 is 15.9 Å². The number of aromatic nitrogens is 2. The molecule has 2 rings (SSSR count). The first-order valence-electron chi connectivity index (χ1n) is 4.32.